The van der Waals surface area contributed by atoms with E-state index < -0.39 is 0 Å². The maximum Gasteiger partial charge on any atom is 0.228 e. The van der Waals surface area contributed by atoms with Crippen LogP contribution in [0.4, 0.5) is 5.69 Å². The van der Waals surface area contributed by atoms with Crippen LogP contribution in [0.25, 0.3) is 0 Å². The lowest BCUT2D eigenvalue weighted by Crippen LogP contribution is -2.22. The highest BCUT2D eigenvalue weighted by molar-refractivity contribution is 5.97. The monoisotopic (exact) mass is 313 g/mol. The number of carbonyl (C=O) groups is 1. The zero-order valence-corrected chi connectivity index (χ0v) is 13.4. The van der Waals surface area contributed by atoms with Gasteiger partial charge in [-0.15, -0.1) is 0 Å². The van der Waals surface area contributed by atoms with E-state index >= 15 is 0 Å². The number of carbonyl (C=O) groups excluding carboxylic acids is 1. The highest BCUT2D eigenvalue weighted by Crippen LogP contribution is 2.59. The molecule has 24 heavy (non-hydrogen) atoms. The summed E-state index contributed by atoms with van der Waals surface area (Å²) in [6, 6.07) is 30.4. The summed E-state index contributed by atoms with van der Waals surface area (Å²) >= 11 is 0. The Hall–Kier alpha value is -2.87. The van der Waals surface area contributed by atoms with Crippen molar-refractivity contribution in [2.75, 3.05) is 5.32 Å². The van der Waals surface area contributed by atoms with Gasteiger partial charge in [-0.3, -0.25) is 4.79 Å². The second kappa shape index (κ2) is 5.97. The van der Waals surface area contributed by atoms with Crippen molar-refractivity contribution >= 4 is 11.6 Å². The van der Waals surface area contributed by atoms with Crippen molar-refractivity contribution in [1.29, 1.82) is 0 Å². The summed E-state index contributed by atoms with van der Waals surface area (Å²) in [5.41, 5.74) is 3.07. The zero-order chi connectivity index (χ0) is 16.4. The Morgan fingerprint density at radius 3 is 1.71 bits per heavy atom. The van der Waals surface area contributed by atoms with E-state index in [0.29, 0.717) is 0 Å². The molecule has 0 radical (unpaired) electrons. The summed E-state index contributed by atoms with van der Waals surface area (Å²) < 4.78 is 0. The lowest BCUT2D eigenvalue weighted by atomic mass is 9.85. The molecule has 0 bridgehead atoms. The standard InChI is InChI=1S/C22H19NO/c24-21(23-19-14-8-3-9-15-19)20-16-22(20,17-10-4-1-5-11-17)18-12-6-2-7-13-18/h1-15,20H,16H2,(H,23,24)/t20-/m0/s1. The number of amides is 1. The van der Waals surface area contributed by atoms with Gasteiger partial charge in [0.25, 0.3) is 0 Å². The minimum atomic E-state index is -0.207. The first-order valence-electron chi connectivity index (χ1n) is 8.28. The van der Waals surface area contributed by atoms with Gasteiger partial charge in [-0.05, 0) is 29.7 Å². The molecule has 0 aliphatic heterocycles. The highest BCUT2D eigenvalue weighted by atomic mass is 16.2. The van der Waals surface area contributed by atoms with Crippen LogP contribution in [0.2, 0.25) is 0 Å². The normalized spacial score (nSPS) is 17.9. The van der Waals surface area contributed by atoms with Gasteiger partial charge in [-0.1, -0.05) is 78.9 Å². The van der Waals surface area contributed by atoms with Crippen LogP contribution in [0, 0.1) is 5.92 Å². The van der Waals surface area contributed by atoms with E-state index in [4.69, 9.17) is 0 Å². The predicted molar refractivity (Wildman–Crippen MR) is 96.8 cm³/mol. The average Bonchev–Trinajstić information content (AvgIpc) is 3.41. The van der Waals surface area contributed by atoms with Crippen LogP contribution < -0.4 is 5.32 Å². The molecular formula is C22H19NO. The molecule has 118 valence electrons. The molecule has 3 aromatic rings. The van der Waals surface area contributed by atoms with Gasteiger partial charge in [0.15, 0.2) is 0 Å². The van der Waals surface area contributed by atoms with Gasteiger partial charge in [-0.2, -0.15) is 0 Å². The van der Waals surface area contributed by atoms with Gasteiger partial charge in [0.1, 0.15) is 0 Å². The van der Waals surface area contributed by atoms with E-state index in [1.807, 2.05) is 66.7 Å². The van der Waals surface area contributed by atoms with Crippen LogP contribution in [0.3, 0.4) is 0 Å². The molecule has 1 aliphatic rings. The Morgan fingerprint density at radius 1 is 0.750 bits per heavy atom. The lowest BCUT2D eigenvalue weighted by Gasteiger charge is -2.19. The topological polar surface area (TPSA) is 29.1 Å². The summed E-state index contributed by atoms with van der Waals surface area (Å²) in [6.45, 7) is 0. The number of nitrogens with one attached hydrogen (secondary N) is 1. The minimum absolute atomic E-state index is 0.0393. The van der Waals surface area contributed by atoms with Crippen LogP contribution in [-0.2, 0) is 10.2 Å². The average molecular weight is 313 g/mol. The molecule has 1 amide bonds. The van der Waals surface area contributed by atoms with E-state index in [1.54, 1.807) is 0 Å². The van der Waals surface area contributed by atoms with Crippen molar-refractivity contribution in [1.82, 2.24) is 0 Å². The van der Waals surface area contributed by atoms with Crippen molar-refractivity contribution in [3.63, 3.8) is 0 Å². The molecule has 1 atom stereocenters. The SMILES string of the molecule is O=C(Nc1ccccc1)[C@@H]1CC1(c1ccccc1)c1ccccc1. The number of hydrogen-bond acceptors (Lipinski definition) is 1. The van der Waals surface area contributed by atoms with Crippen molar-refractivity contribution < 1.29 is 4.79 Å². The number of benzene rings is 3. The van der Waals surface area contributed by atoms with Gasteiger partial charge in [0.2, 0.25) is 5.91 Å². The Bertz CT molecular complexity index is 788. The smallest absolute Gasteiger partial charge is 0.228 e. The summed E-state index contributed by atoms with van der Waals surface area (Å²) in [5.74, 6) is 0.0522. The minimum Gasteiger partial charge on any atom is -0.326 e. The van der Waals surface area contributed by atoms with Gasteiger partial charge >= 0.3 is 0 Å². The third-order valence-electron chi connectivity index (χ3n) is 4.90. The second-order valence-corrected chi connectivity index (χ2v) is 6.32. The fourth-order valence-corrected chi connectivity index (χ4v) is 3.61. The molecule has 1 N–H and O–H groups in total. The Balaban J connectivity index is 1.66. The molecule has 1 fully saturated rings. The Morgan fingerprint density at radius 2 is 1.21 bits per heavy atom. The van der Waals surface area contributed by atoms with Gasteiger partial charge in [0.05, 0.1) is 5.92 Å². The summed E-state index contributed by atoms with van der Waals surface area (Å²) in [5, 5.41) is 3.06. The van der Waals surface area contributed by atoms with Crippen LogP contribution in [0.1, 0.15) is 17.5 Å². The van der Waals surface area contributed by atoms with E-state index in [1.165, 1.54) is 11.1 Å². The number of rotatable bonds is 4. The highest BCUT2D eigenvalue weighted by Gasteiger charge is 2.60. The third kappa shape index (κ3) is 2.50. The molecule has 4 rings (SSSR count). The second-order valence-electron chi connectivity index (χ2n) is 6.32. The molecule has 0 saturated heterocycles. The molecular weight excluding hydrogens is 294 g/mol. The van der Waals surface area contributed by atoms with Crippen molar-refractivity contribution in [3.05, 3.63) is 102 Å². The maximum atomic E-state index is 12.8. The van der Waals surface area contributed by atoms with E-state index in [9.17, 15) is 4.79 Å². The molecule has 0 spiro atoms. The summed E-state index contributed by atoms with van der Waals surface area (Å²) in [7, 11) is 0. The fourth-order valence-electron chi connectivity index (χ4n) is 3.61. The van der Waals surface area contributed by atoms with Gasteiger partial charge in [-0.25, -0.2) is 0 Å². The van der Waals surface area contributed by atoms with Crippen LogP contribution >= 0.6 is 0 Å². The first kappa shape index (κ1) is 14.7. The molecule has 3 aromatic carbocycles. The molecule has 1 aliphatic carbocycles. The van der Waals surface area contributed by atoms with Crippen LogP contribution in [0.15, 0.2) is 91.0 Å². The first-order chi connectivity index (χ1) is 11.8. The molecule has 0 aromatic heterocycles. The van der Waals surface area contributed by atoms with Crippen molar-refractivity contribution in [2.45, 2.75) is 11.8 Å². The van der Waals surface area contributed by atoms with E-state index in [-0.39, 0.29) is 17.2 Å². The van der Waals surface area contributed by atoms with Crippen LogP contribution in [0.5, 0.6) is 0 Å². The van der Waals surface area contributed by atoms with Crippen LogP contribution in [-0.4, -0.2) is 5.91 Å². The molecule has 2 nitrogen and oxygen atoms in total. The lowest BCUT2D eigenvalue weighted by molar-refractivity contribution is -0.117. The Kier molecular flexibility index (Phi) is 3.66. The van der Waals surface area contributed by atoms with Gasteiger partial charge in [0, 0.05) is 11.1 Å². The molecule has 0 unspecified atom stereocenters. The van der Waals surface area contributed by atoms with Gasteiger partial charge < -0.3 is 5.32 Å². The largest absolute Gasteiger partial charge is 0.326 e. The molecule has 0 heterocycles. The van der Waals surface area contributed by atoms with E-state index in [0.717, 1.165) is 12.1 Å². The maximum absolute atomic E-state index is 12.8. The summed E-state index contributed by atoms with van der Waals surface area (Å²) in [6.07, 6.45) is 0.847. The predicted octanol–water partition coefficient (Wildman–Crippen LogP) is 4.63. The quantitative estimate of drug-likeness (QED) is 0.747. The van der Waals surface area contributed by atoms with Crippen molar-refractivity contribution in [2.24, 2.45) is 5.92 Å². The number of anilines is 1. The third-order valence-corrected chi connectivity index (χ3v) is 4.90. The molecule has 1 saturated carbocycles. The van der Waals surface area contributed by atoms with Crippen molar-refractivity contribution in [3.8, 4) is 0 Å². The first-order valence-corrected chi connectivity index (χ1v) is 8.28. The Labute approximate surface area is 142 Å². The van der Waals surface area contributed by atoms with E-state index in [2.05, 4.69) is 29.6 Å². The molecule has 2 heteroatoms. The number of hydrogen-bond donors (Lipinski definition) is 1. The number of para-hydroxylation sites is 1. The fraction of sp³-hybridized carbons (Fsp3) is 0.136. The zero-order valence-electron chi connectivity index (χ0n) is 13.4. The summed E-state index contributed by atoms with van der Waals surface area (Å²) in [4.78, 5) is 12.8.